The smallest absolute Gasteiger partial charge is 0.311 e. The number of carbonyl (C=O) groups is 1. The third-order valence-corrected chi connectivity index (χ3v) is 6.36. The van der Waals surface area contributed by atoms with Crippen molar-refractivity contribution >= 4 is 39.4 Å². The number of rotatable bonds is 5. The Morgan fingerprint density at radius 3 is 3.10 bits per heavy atom. The first-order valence-corrected chi connectivity index (χ1v) is 10.4. The molecule has 3 aromatic rings. The summed E-state index contributed by atoms with van der Waals surface area (Å²) in [7, 11) is 0. The molecule has 0 saturated carbocycles. The van der Waals surface area contributed by atoms with Gasteiger partial charge in [-0.2, -0.15) is 5.10 Å². The molecular formula is C20H19N5O5S. The second kappa shape index (κ2) is 8.26. The SMILES string of the molecule is CC1CCc2c(sc3ncn(CC(=O)NN=Cc4ccc(O)c([N+](=O)[O-])c4)c(=O)c23)C1. The standard InChI is InChI=1S/C20H19N5O5S/c1-11-2-4-13-16(6-11)31-19-18(13)20(28)24(10-21-19)9-17(27)23-22-8-12-3-5-15(26)14(7-12)25(29)30/h3,5,7-8,10-11,26H,2,4,6,9H2,1H3,(H,23,27). The van der Waals surface area contributed by atoms with Gasteiger partial charge < -0.3 is 5.11 Å². The first kappa shape index (κ1) is 20.7. The molecule has 11 heteroatoms. The number of hydrazone groups is 1. The number of nitro groups is 1. The van der Waals surface area contributed by atoms with E-state index in [1.54, 1.807) is 11.3 Å². The van der Waals surface area contributed by atoms with Crippen LogP contribution >= 0.6 is 11.3 Å². The number of aromatic nitrogens is 2. The van der Waals surface area contributed by atoms with Gasteiger partial charge in [0.2, 0.25) is 0 Å². The number of fused-ring (bicyclic) bond motifs is 3. The van der Waals surface area contributed by atoms with Gasteiger partial charge in [0.15, 0.2) is 5.75 Å². The van der Waals surface area contributed by atoms with E-state index < -0.39 is 22.3 Å². The normalized spacial score (nSPS) is 15.8. The van der Waals surface area contributed by atoms with Gasteiger partial charge in [-0.3, -0.25) is 24.3 Å². The minimum absolute atomic E-state index is 0.245. The summed E-state index contributed by atoms with van der Waals surface area (Å²) in [5, 5.41) is 24.7. The van der Waals surface area contributed by atoms with Crippen LogP contribution in [0, 0.1) is 16.0 Å². The molecule has 4 rings (SSSR count). The fraction of sp³-hybridized carbons (Fsp3) is 0.300. The zero-order valence-corrected chi connectivity index (χ0v) is 17.4. The molecule has 0 radical (unpaired) electrons. The van der Waals surface area contributed by atoms with E-state index >= 15 is 0 Å². The quantitative estimate of drug-likeness (QED) is 0.354. The minimum Gasteiger partial charge on any atom is -0.502 e. The van der Waals surface area contributed by atoms with Crippen molar-refractivity contribution in [1.82, 2.24) is 15.0 Å². The topological polar surface area (TPSA) is 140 Å². The molecular weight excluding hydrogens is 422 g/mol. The number of hydrogen-bond donors (Lipinski definition) is 2. The molecule has 1 unspecified atom stereocenters. The second-order valence-electron chi connectivity index (χ2n) is 7.51. The van der Waals surface area contributed by atoms with Crippen molar-refractivity contribution in [2.24, 2.45) is 11.0 Å². The van der Waals surface area contributed by atoms with Crippen LogP contribution in [0.5, 0.6) is 5.75 Å². The maximum Gasteiger partial charge on any atom is 0.311 e. The van der Waals surface area contributed by atoms with Gasteiger partial charge in [-0.1, -0.05) is 6.92 Å². The Morgan fingerprint density at radius 1 is 1.52 bits per heavy atom. The number of phenols is 1. The highest BCUT2D eigenvalue weighted by molar-refractivity contribution is 7.18. The lowest BCUT2D eigenvalue weighted by molar-refractivity contribution is -0.385. The van der Waals surface area contributed by atoms with Crippen LogP contribution < -0.4 is 11.0 Å². The van der Waals surface area contributed by atoms with Crippen molar-refractivity contribution in [3.8, 4) is 5.75 Å². The third kappa shape index (κ3) is 4.17. The number of aryl methyl sites for hydroxylation is 1. The highest BCUT2D eigenvalue weighted by Crippen LogP contribution is 2.35. The summed E-state index contributed by atoms with van der Waals surface area (Å²) in [6, 6.07) is 3.72. The van der Waals surface area contributed by atoms with Gasteiger partial charge in [-0.05, 0) is 42.9 Å². The molecule has 1 aromatic carbocycles. The fourth-order valence-corrected chi connectivity index (χ4v) is 4.96. The Balaban J connectivity index is 1.48. The maximum atomic E-state index is 12.9. The lowest BCUT2D eigenvalue weighted by atomic mass is 9.89. The van der Waals surface area contributed by atoms with E-state index in [1.165, 1.54) is 34.1 Å². The van der Waals surface area contributed by atoms with Crippen molar-refractivity contribution in [3.63, 3.8) is 0 Å². The lowest BCUT2D eigenvalue weighted by Gasteiger charge is -2.17. The molecule has 0 bridgehead atoms. The summed E-state index contributed by atoms with van der Waals surface area (Å²) in [4.78, 5) is 41.6. The van der Waals surface area contributed by atoms with Crippen molar-refractivity contribution in [2.75, 3.05) is 0 Å². The zero-order chi connectivity index (χ0) is 22.1. The fourth-order valence-electron chi connectivity index (χ4n) is 3.61. The van der Waals surface area contributed by atoms with Crippen LogP contribution in [0.4, 0.5) is 5.69 Å². The summed E-state index contributed by atoms with van der Waals surface area (Å²) in [5.74, 6) is -0.412. The zero-order valence-electron chi connectivity index (χ0n) is 16.6. The van der Waals surface area contributed by atoms with E-state index in [0.717, 1.165) is 30.9 Å². The number of nitrogens with zero attached hydrogens (tertiary/aromatic N) is 4. The van der Waals surface area contributed by atoms with Crippen LogP contribution in [0.3, 0.4) is 0 Å². The van der Waals surface area contributed by atoms with E-state index in [2.05, 4.69) is 22.4 Å². The molecule has 1 aliphatic rings. The Bertz CT molecular complexity index is 1280. The number of phenolic OH excluding ortho intramolecular Hbond substituents is 1. The Labute approximate surface area is 180 Å². The van der Waals surface area contributed by atoms with Crippen molar-refractivity contribution < 1.29 is 14.8 Å². The van der Waals surface area contributed by atoms with Crippen molar-refractivity contribution in [1.29, 1.82) is 0 Å². The molecule has 1 amide bonds. The number of thiophene rings is 1. The molecule has 1 aliphatic carbocycles. The van der Waals surface area contributed by atoms with E-state index in [4.69, 9.17) is 0 Å². The molecule has 2 aromatic heterocycles. The highest BCUT2D eigenvalue weighted by atomic mass is 32.1. The van der Waals surface area contributed by atoms with E-state index in [9.17, 15) is 24.8 Å². The number of nitro benzene ring substituents is 1. The highest BCUT2D eigenvalue weighted by Gasteiger charge is 2.23. The number of aromatic hydroxyl groups is 1. The van der Waals surface area contributed by atoms with E-state index in [0.29, 0.717) is 21.7 Å². The van der Waals surface area contributed by atoms with Gasteiger partial charge in [0.1, 0.15) is 11.4 Å². The van der Waals surface area contributed by atoms with Gasteiger partial charge in [0.25, 0.3) is 11.5 Å². The van der Waals surface area contributed by atoms with Crippen molar-refractivity contribution in [3.05, 3.63) is 61.0 Å². The van der Waals surface area contributed by atoms with Gasteiger partial charge in [-0.15, -0.1) is 11.3 Å². The molecule has 0 aliphatic heterocycles. The monoisotopic (exact) mass is 441 g/mol. The van der Waals surface area contributed by atoms with Crippen LogP contribution in [-0.4, -0.2) is 31.7 Å². The number of benzene rings is 1. The van der Waals surface area contributed by atoms with Crippen molar-refractivity contribution in [2.45, 2.75) is 32.7 Å². The van der Waals surface area contributed by atoms with Crippen LogP contribution in [0.2, 0.25) is 0 Å². The molecule has 0 fully saturated rings. The predicted octanol–water partition coefficient (Wildman–Crippen LogP) is 2.35. The summed E-state index contributed by atoms with van der Waals surface area (Å²) in [5.41, 5.74) is 2.96. The number of carbonyl (C=O) groups excluding carboxylic acids is 1. The molecule has 2 N–H and O–H groups in total. The molecule has 2 heterocycles. The first-order valence-electron chi connectivity index (χ1n) is 9.62. The molecule has 1 atom stereocenters. The Kier molecular flexibility index (Phi) is 5.51. The lowest BCUT2D eigenvalue weighted by Crippen LogP contribution is -2.30. The molecule has 0 spiro atoms. The summed E-state index contributed by atoms with van der Waals surface area (Å²) >= 11 is 1.55. The number of nitrogens with one attached hydrogen (secondary N) is 1. The molecule has 160 valence electrons. The van der Waals surface area contributed by atoms with Crippen LogP contribution in [0.25, 0.3) is 10.2 Å². The van der Waals surface area contributed by atoms with Crippen LogP contribution in [0.1, 0.15) is 29.3 Å². The Hall–Kier alpha value is -3.60. The second-order valence-corrected chi connectivity index (χ2v) is 8.59. The number of hydrogen-bond acceptors (Lipinski definition) is 8. The van der Waals surface area contributed by atoms with E-state index in [1.807, 2.05) is 0 Å². The molecule has 0 saturated heterocycles. The van der Waals surface area contributed by atoms with E-state index in [-0.39, 0.29) is 12.1 Å². The Morgan fingerprint density at radius 2 is 2.32 bits per heavy atom. The average Bonchev–Trinajstić information content (AvgIpc) is 3.09. The van der Waals surface area contributed by atoms with Gasteiger partial charge in [0.05, 0.1) is 22.9 Å². The van der Waals surface area contributed by atoms with Gasteiger partial charge in [0, 0.05) is 16.5 Å². The summed E-state index contributed by atoms with van der Waals surface area (Å²) in [6.45, 7) is 1.94. The van der Waals surface area contributed by atoms with Crippen LogP contribution in [-0.2, 0) is 24.2 Å². The van der Waals surface area contributed by atoms with Crippen LogP contribution in [0.15, 0.2) is 34.4 Å². The summed E-state index contributed by atoms with van der Waals surface area (Å²) in [6.07, 6.45) is 5.39. The van der Waals surface area contributed by atoms with Gasteiger partial charge in [-0.25, -0.2) is 10.4 Å². The predicted molar refractivity (Wildman–Crippen MR) is 116 cm³/mol. The third-order valence-electron chi connectivity index (χ3n) is 5.20. The largest absolute Gasteiger partial charge is 0.502 e. The molecule has 31 heavy (non-hydrogen) atoms. The average molecular weight is 441 g/mol. The molecule has 10 nitrogen and oxygen atoms in total. The maximum absolute atomic E-state index is 12.9. The minimum atomic E-state index is -0.718. The summed E-state index contributed by atoms with van der Waals surface area (Å²) < 4.78 is 1.25. The van der Waals surface area contributed by atoms with Gasteiger partial charge >= 0.3 is 5.69 Å². The first-order chi connectivity index (χ1) is 14.8. The number of amides is 1.